The van der Waals surface area contributed by atoms with Crippen molar-refractivity contribution in [1.82, 2.24) is 0 Å². The summed E-state index contributed by atoms with van der Waals surface area (Å²) in [6, 6.07) is 6.90. The van der Waals surface area contributed by atoms with Crippen molar-refractivity contribution in [3.63, 3.8) is 0 Å². The number of aromatic hydroxyl groups is 2. The van der Waals surface area contributed by atoms with E-state index in [1.165, 1.54) is 32.2 Å². The topological polar surface area (TPSA) is 234 Å². The first-order valence-corrected chi connectivity index (χ1v) is 13.5. The van der Waals surface area contributed by atoms with Gasteiger partial charge in [0, 0.05) is 12.1 Å². The highest BCUT2D eigenvalue weighted by molar-refractivity contribution is 6.02. The average molecular weight is 611 g/mol. The lowest BCUT2D eigenvalue weighted by Crippen LogP contribution is -2.61. The quantitative estimate of drug-likeness (QED) is 0.185. The van der Waals surface area contributed by atoms with Crippen LogP contribution in [0.15, 0.2) is 30.3 Å². The van der Waals surface area contributed by atoms with Crippen molar-refractivity contribution < 1.29 is 74.1 Å². The van der Waals surface area contributed by atoms with Gasteiger partial charge < -0.3 is 69.3 Å². The molecule has 0 bridgehead atoms. The first-order valence-electron chi connectivity index (χ1n) is 13.5. The summed E-state index contributed by atoms with van der Waals surface area (Å²) in [4.78, 5) is 12.9. The molecule has 11 atom stereocenters. The number of ketones is 1. The molecule has 0 radical (unpaired) electrons. The maximum Gasteiger partial charge on any atom is 0.229 e. The number of ether oxygens (including phenoxy) is 6. The Bertz CT molecular complexity index is 1320. The zero-order chi connectivity index (χ0) is 31.2. The molecule has 0 amide bonds. The van der Waals surface area contributed by atoms with Gasteiger partial charge in [0.1, 0.15) is 71.6 Å². The number of aliphatic hydroxyl groups excluding tert-OH is 6. The van der Waals surface area contributed by atoms with Crippen LogP contribution in [0.4, 0.5) is 0 Å². The Kier molecular flexibility index (Phi) is 8.99. The molecule has 10 unspecified atom stereocenters. The molecule has 0 spiro atoms. The van der Waals surface area contributed by atoms with E-state index in [2.05, 4.69) is 0 Å². The number of carbonyl (C=O) groups is 1. The smallest absolute Gasteiger partial charge is 0.229 e. The number of benzene rings is 2. The number of rotatable bonds is 7. The number of fused-ring (bicyclic) bond motifs is 1. The fourth-order valence-electron chi connectivity index (χ4n) is 5.20. The van der Waals surface area contributed by atoms with E-state index >= 15 is 0 Å². The highest BCUT2D eigenvalue weighted by Crippen LogP contribution is 2.43. The van der Waals surface area contributed by atoms with Gasteiger partial charge in [0.25, 0.3) is 0 Å². The lowest BCUT2D eigenvalue weighted by atomic mass is 9.95. The number of carbonyl (C=O) groups excluding carboxylic acids is 1. The van der Waals surface area contributed by atoms with Gasteiger partial charge in [0.05, 0.1) is 26.2 Å². The zero-order valence-electron chi connectivity index (χ0n) is 23.1. The number of Topliss-reactive ketones (excluding diaryl/α,β-unsaturated/α-hetero) is 1. The van der Waals surface area contributed by atoms with Gasteiger partial charge in [0.15, 0.2) is 23.6 Å². The maximum atomic E-state index is 12.9. The molecular formula is C28H34O15. The lowest BCUT2D eigenvalue weighted by Gasteiger charge is -2.42. The number of aliphatic hydroxyl groups is 6. The second kappa shape index (κ2) is 12.4. The van der Waals surface area contributed by atoms with Crippen molar-refractivity contribution in [2.24, 2.45) is 0 Å². The highest BCUT2D eigenvalue weighted by atomic mass is 16.7. The normalized spacial score (nSPS) is 36.0. The number of hydrogen-bond acceptors (Lipinski definition) is 15. The Morgan fingerprint density at radius 1 is 0.837 bits per heavy atom. The molecule has 0 aromatic heterocycles. The van der Waals surface area contributed by atoms with Crippen molar-refractivity contribution in [3.05, 3.63) is 41.5 Å². The second-order valence-corrected chi connectivity index (χ2v) is 10.6. The van der Waals surface area contributed by atoms with Crippen LogP contribution < -0.4 is 14.2 Å². The third kappa shape index (κ3) is 6.08. The molecule has 5 rings (SSSR count). The second-order valence-electron chi connectivity index (χ2n) is 10.6. The summed E-state index contributed by atoms with van der Waals surface area (Å²) in [7, 11) is 1.39. The average Bonchev–Trinajstić information content (AvgIpc) is 2.97. The Balaban J connectivity index is 1.30. The molecule has 2 aromatic rings. The molecule has 2 saturated heterocycles. The molecule has 3 aliphatic heterocycles. The maximum absolute atomic E-state index is 12.9. The molecule has 8 N–H and O–H groups in total. The van der Waals surface area contributed by atoms with Gasteiger partial charge in [-0.25, -0.2) is 0 Å². The summed E-state index contributed by atoms with van der Waals surface area (Å²) in [6.07, 6.45) is -15.9. The Morgan fingerprint density at radius 2 is 1.53 bits per heavy atom. The molecule has 3 heterocycles. The molecule has 3 aliphatic rings. The van der Waals surface area contributed by atoms with Crippen LogP contribution in [0.1, 0.15) is 35.4 Å². The minimum absolute atomic E-state index is 0.0457. The SMILES string of the molecule is COc1ccc([C@@H]2CC(=O)c3c(O)cc(OC4OC(COC5OC(C)C(O)C(O)C5O)C(O)C(O)C4O)cc3O2)cc1O. The van der Waals surface area contributed by atoms with E-state index in [4.69, 9.17) is 28.4 Å². The Morgan fingerprint density at radius 3 is 2.23 bits per heavy atom. The molecule has 15 nitrogen and oxygen atoms in total. The summed E-state index contributed by atoms with van der Waals surface area (Å²) < 4.78 is 33.1. The molecule has 0 aliphatic carbocycles. The summed E-state index contributed by atoms with van der Waals surface area (Å²) >= 11 is 0. The number of phenols is 2. The van der Waals surface area contributed by atoms with Gasteiger partial charge in [-0.3, -0.25) is 4.79 Å². The van der Waals surface area contributed by atoms with E-state index in [-0.39, 0.29) is 35.0 Å². The van der Waals surface area contributed by atoms with Crippen LogP contribution in [0.5, 0.6) is 28.7 Å². The Hall–Kier alpha value is -3.25. The predicted octanol–water partition coefficient (Wildman–Crippen LogP) is -1.16. The third-order valence-electron chi connectivity index (χ3n) is 7.70. The summed E-state index contributed by atoms with van der Waals surface area (Å²) in [5.74, 6) is -0.999. The van der Waals surface area contributed by atoms with Crippen LogP contribution in [0.2, 0.25) is 0 Å². The molecule has 15 heteroatoms. The van der Waals surface area contributed by atoms with E-state index in [9.17, 15) is 45.6 Å². The minimum atomic E-state index is -1.77. The van der Waals surface area contributed by atoms with E-state index in [0.29, 0.717) is 5.56 Å². The highest BCUT2D eigenvalue weighted by Gasteiger charge is 2.47. The van der Waals surface area contributed by atoms with Gasteiger partial charge >= 0.3 is 0 Å². The van der Waals surface area contributed by atoms with Crippen LogP contribution >= 0.6 is 0 Å². The van der Waals surface area contributed by atoms with E-state index in [1.54, 1.807) is 6.07 Å². The summed E-state index contributed by atoms with van der Waals surface area (Å²) in [6.45, 7) is 0.964. The molecule has 2 aromatic carbocycles. The molecule has 236 valence electrons. The van der Waals surface area contributed by atoms with Gasteiger partial charge in [-0.2, -0.15) is 0 Å². The van der Waals surface area contributed by atoms with Crippen LogP contribution in [-0.2, 0) is 14.2 Å². The van der Waals surface area contributed by atoms with Crippen LogP contribution in [0.3, 0.4) is 0 Å². The van der Waals surface area contributed by atoms with E-state index in [1.807, 2.05) is 0 Å². The fraction of sp³-hybridized carbons (Fsp3) is 0.536. The fourth-order valence-corrected chi connectivity index (χ4v) is 5.20. The van der Waals surface area contributed by atoms with Crippen LogP contribution in [0, 0.1) is 0 Å². The summed E-state index contributed by atoms with van der Waals surface area (Å²) in [5, 5.41) is 82.2. The largest absolute Gasteiger partial charge is 0.507 e. The van der Waals surface area contributed by atoms with E-state index < -0.39 is 85.7 Å². The van der Waals surface area contributed by atoms with Crippen LogP contribution in [0.25, 0.3) is 0 Å². The third-order valence-corrected chi connectivity index (χ3v) is 7.70. The number of methoxy groups -OCH3 is 1. The number of phenolic OH excluding ortho intramolecular Hbond substituents is 2. The van der Waals surface area contributed by atoms with Gasteiger partial charge in [0.2, 0.25) is 6.29 Å². The first kappa shape index (κ1) is 31.2. The monoisotopic (exact) mass is 610 g/mol. The number of hydrogen-bond donors (Lipinski definition) is 8. The molecular weight excluding hydrogens is 576 g/mol. The molecule has 0 saturated carbocycles. The van der Waals surface area contributed by atoms with Crippen molar-refractivity contribution in [2.45, 2.75) is 80.9 Å². The molecule has 2 fully saturated rings. The van der Waals surface area contributed by atoms with Crippen molar-refractivity contribution in [1.29, 1.82) is 0 Å². The van der Waals surface area contributed by atoms with Gasteiger partial charge in [-0.15, -0.1) is 0 Å². The van der Waals surface area contributed by atoms with Gasteiger partial charge in [-0.05, 0) is 24.6 Å². The molecule has 43 heavy (non-hydrogen) atoms. The first-order chi connectivity index (χ1) is 20.4. The summed E-state index contributed by atoms with van der Waals surface area (Å²) in [5.41, 5.74) is 0.373. The van der Waals surface area contributed by atoms with Crippen molar-refractivity contribution in [2.75, 3.05) is 13.7 Å². The lowest BCUT2D eigenvalue weighted by molar-refractivity contribution is -0.318. The van der Waals surface area contributed by atoms with Crippen LogP contribution in [-0.4, -0.2) is 122 Å². The van der Waals surface area contributed by atoms with Crippen molar-refractivity contribution >= 4 is 5.78 Å². The van der Waals surface area contributed by atoms with Crippen molar-refractivity contribution in [3.8, 4) is 28.7 Å². The predicted molar refractivity (Wildman–Crippen MR) is 141 cm³/mol. The van der Waals surface area contributed by atoms with E-state index in [0.717, 1.165) is 6.07 Å². The standard InChI is InChI=1S/C28H34O15/c1-10-21(32)23(34)25(36)27(40-10)39-9-19-22(33)24(35)26(37)28(43-19)41-12-6-14(30)20-15(31)8-17(42-18(20)7-12)11-3-4-16(38-2)13(29)5-11/h3-7,10,17,19,21-30,32-37H,8-9H2,1-2H3/t10?,17-,19?,21?,22?,23?,24?,25?,26?,27?,28?/m0/s1. The van der Waals surface area contributed by atoms with Gasteiger partial charge in [-0.1, -0.05) is 6.07 Å². The minimum Gasteiger partial charge on any atom is -0.507 e. The zero-order valence-corrected chi connectivity index (χ0v) is 23.1. The Labute approximate surface area is 245 Å².